The minimum atomic E-state index is -1.57. The number of allylic oxidation sites excluding steroid dienone is 1. The minimum Gasteiger partial charge on any atom is -0.365 e. The molecule has 36 heavy (non-hydrogen) atoms. The van der Waals surface area contributed by atoms with Crippen LogP contribution in [-0.4, -0.2) is 51.7 Å². The Labute approximate surface area is 207 Å². The Morgan fingerprint density at radius 2 is 2.28 bits per heavy atom. The maximum absolute atomic E-state index is 15.6. The number of piperidine rings is 1. The summed E-state index contributed by atoms with van der Waals surface area (Å²) in [5.41, 5.74) is 0.0325. The first-order valence-corrected chi connectivity index (χ1v) is 12.2. The summed E-state index contributed by atoms with van der Waals surface area (Å²) in [4.78, 5) is 36.7. The van der Waals surface area contributed by atoms with Crippen molar-refractivity contribution in [2.24, 2.45) is 15.9 Å². The second-order valence-corrected chi connectivity index (χ2v) is 9.11. The van der Waals surface area contributed by atoms with Gasteiger partial charge in [-0.3, -0.25) is 19.1 Å². The number of rotatable bonds is 6. The number of nitriles is 1. The number of ketones is 1. The molecule has 188 valence electrons. The smallest absolute Gasteiger partial charge is 0.267 e. The van der Waals surface area contributed by atoms with Gasteiger partial charge in [-0.15, -0.1) is 0 Å². The molecule has 2 aliphatic rings. The average Bonchev–Trinajstić information content (AvgIpc) is 3.44. The summed E-state index contributed by atoms with van der Waals surface area (Å²) in [6.07, 6.45) is 7.51. The van der Waals surface area contributed by atoms with Crippen molar-refractivity contribution < 1.29 is 13.7 Å². The third-order valence-electron chi connectivity index (χ3n) is 6.79. The van der Waals surface area contributed by atoms with E-state index < -0.39 is 23.5 Å². The molecule has 4 unspecified atom stereocenters. The quantitative estimate of drug-likeness (QED) is 0.264. The second-order valence-electron chi connectivity index (χ2n) is 9.11. The van der Waals surface area contributed by atoms with Gasteiger partial charge in [-0.2, -0.15) is 5.26 Å². The van der Waals surface area contributed by atoms with Gasteiger partial charge in [0, 0.05) is 43.4 Å². The molecule has 0 amide bonds. The van der Waals surface area contributed by atoms with Crippen LogP contribution < -0.4 is 16.1 Å². The highest BCUT2D eigenvalue weighted by atomic mass is 19.1. The fourth-order valence-corrected chi connectivity index (χ4v) is 4.71. The summed E-state index contributed by atoms with van der Waals surface area (Å²) in [7, 11) is 0. The Balaban J connectivity index is 1.89. The number of aromatic nitrogens is 2. The average molecular weight is 493 g/mol. The van der Waals surface area contributed by atoms with Crippen LogP contribution in [0, 0.1) is 17.2 Å². The highest BCUT2D eigenvalue weighted by molar-refractivity contribution is 6.07. The SMILES string of the molecule is C/C=C\N=C(C(C)CC)n1cc(C(=O)C#N)c(=O)c2c1=NC(N1CCCC(c3ccon3)C1)C(F)C=2. The number of hydrogen-bond acceptors (Lipinski definition) is 8. The zero-order valence-electron chi connectivity index (χ0n) is 20.6. The number of carbonyl (C=O) groups excluding carboxylic acids is 1. The molecule has 2 aromatic heterocycles. The fraction of sp³-hybridized carbons (Fsp3) is 0.462. The molecule has 1 saturated heterocycles. The third-order valence-corrected chi connectivity index (χ3v) is 6.79. The summed E-state index contributed by atoms with van der Waals surface area (Å²) in [5.74, 6) is -0.415. The molecular weight excluding hydrogens is 463 g/mol. The van der Waals surface area contributed by atoms with E-state index in [1.807, 2.05) is 31.7 Å². The van der Waals surface area contributed by atoms with Gasteiger partial charge in [-0.05, 0) is 32.3 Å². The summed E-state index contributed by atoms with van der Waals surface area (Å²) in [6.45, 7) is 6.98. The van der Waals surface area contributed by atoms with Crippen molar-refractivity contribution >= 4 is 17.7 Å². The molecule has 2 aromatic rings. The molecule has 2 aliphatic heterocycles. The van der Waals surface area contributed by atoms with E-state index in [4.69, 9.17) is 9.52 Å². The Hall–Kier alpha value is -3.71. The number of alkyl halides is 1. The number of aliphatic imine (C=N–C) groups is 1. The van der Waals surface area contributed by atoms with Crippen LogP contribution >= 0.6 is 0 Å². The Kier molecular flexibility index (Phi) is 7.70. The molecular formula is C26H29FN6O3. The van der Waals surface area contributed by atoms with Gasteiger partial charge in [0.2, 0.25) is 5.43 Å². The van der Waals surface area contributed by atoms with Gasteiger partial charge in [0.25, 0.3) is 5.78 Å². The van der Waals surface area contributed by atoms with Gasteiger partial charge in [0.15, 0.2) is 6.17 Å². The zero-order chi connectivity index (χ0) is 25.8. The van der Waals surface area contributed by atoms with Crippen LogP contribution in [0.5, 0.6) is 0 Å². The number of likely N-dealkylation sites (tertiary alicyclic amines) is 1. The van der Waals surface area contributed by atoms with Crippen molar-refractivity contribution in [3.63, 3.8) is 0 Å². The van der Waals surface area contributed by atoms with Gasteiger partial charge in [0.1, 0.15) is 29.8 Å². The van der Waals surface area contributed by atoms with Gasteiger partial charge >= 0.3 is 0 Å². The normalized spacial score (nSPS) is 23.4. The number of pyridine rings is 1. The maximum atomic E-state index is 15.6. The van der Waals surface area contributed by atoms with Crippen LogP contribution in [0.15, 0.2) is 50.1 Å². The van der Waals surface area contributed by atoms with E-state index in [9.17, 15) is 14.9 Å². The van der Waals surface area contributed by atoms with E-state index in [0.717, 1.165) is 25.0 Å². The highest BCUT2D eigenvalue weighted by Gasteiger charge is 2.34. The molecule has 0 aromatic carbocycles. The largest absolute Gasteiger partial charge is 0.365 e. The molecule has 0 bridgehead atoms. The Bertz CT molecular complexity index is 1400. The predicted molar refractivity (Wildman–Crippen MR) is 132 cm³/mol. The number of Topliss-reactive ketones (excluding diaryl/α,β-unsaturated/α-hetero) is 1. The van der Waals surface area contributed by atoms with Crippen molar-refractivity contribution in [2.75, 3.05) is 13.1 Å². The first-order chi connectivity index (χ1) is 17.4. The van der Waals surface area contributed by atoms with E-state index in [1.165, 1.54) is 24.6 Å². The van der Waals surface area contributed by atoms with Crippen molar-refractivity contribution in [1.29, 1.82) is 5.26 Å². The summed E-state index contributed by atoms with van der Waals surface area (Å²) < 4.78 is 22.1. The van der Waals surface area contributed by atoms with E-state index in [2.05, 4.69) is 10.1 Å². The van der Waals surface area contributed by atoms with Crippen molar-refractivity contribution in [3.05, 3.63) is 63.0 Å². The highest BCUT2D eigenvalue weighted by Crippen LogP contribution is 2.28. The maximum Gasteiger partial charge on any atom is 0.267 e. The van der Waals surface area contributed by atoms with Crippen LogP contribution in [0.2, 0.25) is 0 Å². The van der Waals surface area contributed by atoms with Gasteiger partial charge < -0.3 is 4.52 Å². The molecule has 0 radical (unpaired) electrons. The van der Waals surface area contributed by atoms with E-state index in [-0.39, 0.29) is 28.1 Å². The van der Waals surface area contributed by atoms with E-state index in [1.54, 1.807) is 16.8 Å². The number of fused-ring (bicyclic) bond motifs is 1. The number of nitrogens with zero attached hydrogens (tertiary/aromatic N) is 6. The minimum absolute atomic E-state index is 0.0265. The lowest BCUT2D eigenvalue weighted by molar-refractivity contribution is 0.104. The summed E-state index contributed by atoms with van der Waals surface area (Å²) in [5, 5.41) is 13.2. The predicted octanol–water partition coefficient (Wildman–Crippen LogP) is 2.33. The van der Waals surface area contributed by atoms with Gasteiger partial charge in [0.05, 0.1) is 16.5 Å². The van der Waals surface area contributed by atoms with Crippen LogP contribution in [0.1, 0.15) is 62.0 Å². The molecule has 0 saturated carbocycles. The lowest BCUT2D eigenvalue weighted by Gasteiger charge is -2.37. The van der Waals surface area contributed by atoms with Crippen molar-refractivity contribution in [2.45, 2.75) is 58.3 Å². The molecule has 0 N–H and O–H groups in total. The molecule has 1 fully saturated rings. The number of hydrogen-bond donors (Lipinski definition) is 0. The monoisotopic (exact) mass is 492 g/mol. The fourth-order valence-electron chi connectivity index (χ4n) is 4.71. The molecule has 10 heteroatoms. The molecule has 9 nitrogen and oxygen atoms in total. The molecule has 0 aliphatic carbocycles. The summed E-state index contributed by atoms with van der Waals surface area (Å²) in [6, 6.07) is 3.33. The first kappa shape index (κ1) is 25.4. The number of halogens is 1. The number of carbonyl (C=O) groups is 1. The van der Waals surface area contributed by atoms with Crippen LogP contribution in [0.4, 0.5) is 4.39 Å². The van der Waals surface area contributed by atoms with Crippen LogP contribution in [0.25, 0.3) is 6.08 Å². The molecule has 4 rings (SSSR count). The van der Waals surface area contributed by atoms with E-state index >= 15 is 4.39 Å². The van der Waals surface area contributed by atoms with Crippen molar-refractivity contribution in [3.8, 4) is 6.07 Å². The molecule has 4 heterocycles. The van der Waals surface area contributed by atoms with E-state index in [0.29, 0.717) is 18.9 Å². The van der Waals surface area contributed by atoms with Gasteiger partial charge in [-0.25, -0.2) is 14.4 Å². The lowest BCUT2D eigenvalue weighted by Crippen LogP contribution is -2.57. The Morgan fingerprint density at radius 1 is 1.47 bits per heavy atom. The third kappa shape index (κ3) is 4.84. The second kappa shape index (κ2) is 10.9. The topological polar surface area (TPSA) is 117 Å². The molecule has 0 spiro atoms. The van der Waals surface area contributed by atoms with Crippen LogP contribution in [-0.2, 0) is 0 Å². The lowest BCUT2D eigenvalue weighted by atomic mass is 9.94. The first-order valence-electron chi connectivity index (χ1n) is 12.2. The molecule has 4 atom stereocenters. The van der Waals surface area contributed by atoms with Crippen LogP contribution in [0.3, 0.4) is 0 Å². The van der Waals surface area contributed by atoms with Gasteiger partial charge in [-0.1, -0.05) is 25.1 Å². The summed E-state index contributed by atoms with van der Waals surface area (Å²) >= 11 is 0. The Morgan fingerprint density at radius 3 is 2.94 bits per heavy atom. The zero-order valence-corrected chi connectivity index (χ0v) is 20.6. The standard InChI is InChI=1S/C26H29FN6O3/c1-4-9-29-24(16(3)5-2)33-15-19(22(34)13-28)23(35)18-12-20(27)26(30-25(18)33)32-10-6-7-17(14-32)21-8-11-36-31-21/h4,8-9,11-12,15-17,20,26H,5-7,10,14H2,1-3H3/b9-4-,29-24?. The van der Waals surface area contributed by atoms with Crippen molar-refractivity contribution in [1.82, 2.24) is 14.6 Å².